The molecule has 0 bridgehead atoms. The van der Waals surface area contributed by atoms with Gasteiger partial charge in [0.1, 0.15) is 0 Å². The van der Waals surface area contributed by atoms with Crippen molar-refractivity contribution in [3.8, 4) is 0 Å². The molecule has 1 N–H and O–H groups in total. The van der Waals surface area contributed by atoms with Gasteiger partial charge in [0, 0.05) is 13.1 Å². The Kier molecular flexibility index (Phi) is 5.45. The molecule has 0 aromatic heterocycles. The van der Waals surface area contributed by atoms with Crippen molar-refractivity contribution in [2.75, 3.05) is 17.6 Å². The third-order valence-corrected chi connectivity index (χ3v) is 5.34. The van der Waals surface area contributed by atoms with Crippen molar-refractivity contribution in [3.63, 3.8) is 0 Å². The molecule has 1 aliphatic rings. The number of hydrogen-bond acceptors (Lipinski definition) is 3. The fourth-order valence-electron chi connectivity index (χ4n) is 2.73. The van der Waals surface area contributed by atoms with E-state index in [2.05, 4.69) is 5.32 Å². The van der Waals surface area contributed by atoms with E-state index in [0.29, 0.717) is 18.2 Å². The van der Waals surface area contributed by atoms with E-state index in [1.807, 2.05) is 0 Å². The summed E-state index contributed by atoms with van der Waals surface area (Å²) in [7, 11) is -1.74. The summed E-state index contributed by atoms with van der Waals surface area (Å²) >= 11 is 0. The zero-order chi connectivity index (χ0) is 16.2. The van der Waals surface area contributed by atoms with Crippen LogP contribution in [0.15, 0.2) is 24.3 Å². The summed E-state index contributed by atoms with van der Waals surface area (Å²) in [6, 6.07) is 7.38. The first-order chi connectivity index (χ1) is 10.4. The number of hydrogen-bond donors (Lipinski definition) is 1. The predicted octanol–water partition coefficient (Wildman–Crippen LogP) is 2.07. The van der Waals surface area contributed by atoms with E-state index in [0.717, 1.165) is 18.4 Å². The van der Waals surface area contributed by atoms with Gasteiger partial charge in [-0.15, -0.1) is 0 Å². The van der Waals surface area contributed by atoms with E-state index in [-0.39, 0.29) is 5.91 Å². The second-order valence-electron chi connectivity index (χ2n) is 5.98. The van der Waals surface area contributed by atoms with Crippen LogP contribution in [0.5, 0.6) is 0 Å². The average molecular weight is 324 g/mol. The van der Waals surface area contributed by atoms with Crippen LogP contribution in [0.25, 0.3) is 0 Å². The molecule has 0 spiro atoms. The molecule has 1 saturated carbocycles. The molecule has 1 aliphatic carbocycles. The molecule has 22 heavy (non-hydrogen) atoms. The van der Waals surface area contributed by atoms with Gasteiger partial charge in [-0.1, -0.05) is 31.4 Å². The lowest BCUT2D eigenvalue weighted by atomic mass is 9.95. The lowest BCUT2D eigenvalue weighted by Gasteiger charge is -2.22. The number of sulfonamides is 1. The second kappa shape index (κ2) is 7.13. The van der Waals surface area contributed by atoms with Gasteiger partial charge in [-0.2, -0.15) is 0 Å². The van der Waals surface area contributed by atoms with Gasteiger partial charge in [0.25, 0.3) is 0 Å². The molecule has 0 heterocycles. The van der Waals surface area contributed by atoms with Crippen LogP contribution in [0.3, 0.4) is 0 Å². The summed E-state index contributed by atoms with van der Waals surface area (Å²) in [6.07, 6.45) is 7.29. The molecule has 0 unspecified atom stereocenters. The Morgan fingerprint density at radius 2 is 1.77 bits per heavy atom. The Hall–Kier alpha value is -1.56. The molecule has 0 aliphatic heterocycles. The maximum atomic E-state index is 12.0. The van der Waals surface area contributed by atoms with E-state index >= 15 is 0 Å². The van der Waals surface area contributed by atoms with Crippen LogP contribution in [-0.4, -0.2) is 33.7 Å². The minimum absolute atomic E-state index is 0.0381. The first-order valence-corrected chi connectivity index (χ1v) is 9.53. The normalized spacial score (nSPS) is 16.3. The highest BCUT2D eigenvalue weighted by Crippen LogP contribution is 2.18. The quantitative estimate of drug-likeness (QED) is 0.902. The largest absolute Gasteiger partial charge is 0.353 e. The molecular weight excluding hydrogens is 300 g/mol. The minimum Gasteiger partial charge on any atom is -0.353 e. The van der Waals surface area contributed by atoms with E-state index in [4.69, 9.17) is 0 Å². The monoisotopic (exact) mass is 324 g/mol. The van der Waals surface area contributed by atoms with Gasteiger partial charge >= 0.3 is 0 Å². The van der Waals surface area contributed by atoms with Crippen LogP contribution >= 0.6 is 0 Å². The van der Waals surface area contributed by atoms with Crippen molar-refractivity contribution in [3.05, 3.63) is 29.8 Å². The molecule has 0 saturated heterocycles. The Labute approximate surface area is 132 Å². The van der Waals surface area contributed by atoms with E-state index in [1.54, 1.807) is 24.3 Å². The van der Waals surface area contributed by atoms with Gasteiger partial charge in [0.15, 0.2) is 0 Å². The topological polar surface area (TPSA) is 66.5 Å². The fraction of sp³-hybridized carbons (Fsp3) is 0.562. The highest BCUT2D eigenvalue weighted by molar-refractivity contribution is 7.92. The van der Waals surface area contributed by atoms with Crippen LogP contribution < -0.4 is 9.62 Å². The van der Waals surface area contributed by atoms with Crippen LogP contribution in [-0.2, 0) is 21.2 Å². The van der Waals surface area contributed by atoms with Gasteiger partial charge < -0.3 is 5.32 Å². The average Bonchev–Trinajstić information content (AvgIpc) is 2.47. The van der Waals surface area contributed by atoms with E-state index in [9.17, 15) is 13.2 Å². The fourth-order valence-corrected chi connectivity index (χ4v) is 3.23. The van der Waals surface area contributed by atoms with Crippen molar-refractivity contribution in [2.45, 2.75) is 44.6 Å². The highest BCUT2D eigenvalue weighted by Gasteiger charge is 2.16. The minimum atomic E-state index is -3.26. The number of rotatable bonds is 5. The molecule has 1 aromatic carbocycles. The summed E-state index contributed by atoms with van der Waals surface area (Å²) in [4.78, 5) is 12.0. The Bertz CT molecular complexity index is 605. The van der Waals surface area contributed by atoms with Crippen LogP contribution in [0.4, 0.5) is 5.69 Å². The van der Waals surface area contributed by atoms with Gasteiger partial charge in [0.2, 0.25) is 15.9 Å². The third-order valence-electron chi connectivity index (χ3n) is 4.13. The molecule has 122 valence electrons. The van der Waals surface area contributed by atoms with Gasteiger partial charge in [-0.05, 0) is 30.5 Å². The Morgan fingerprint density at radius 3 is 2.32 bits per heavy atom. The Morgan fingerprint density at radius 1 is 1.18 bits per heavy atom. The van der Waals surface area contributed by atoms with Gasteiger partial charge in [0.05, 0.1) is 18.4 Å². The predicted molar refractivity (Wildman–Crippen MR) is 88.4 cm³/mol. The molecule has 1 fully saturated rings. The van der Waals surface area contributed by atoms with Crippen molar-refractivity contribution in [1.82, 2.24) is 5.32 Å². The SMILES string of the molecule is CN(c1ccc(CC(=O)NC2CCCCC2)cc1)S(C)(=O)=O. The highest BCUT2D eigenvalue weighted by atomic mass is 32.2. The molecule has 6 heteroatoms. The Balaban J connectivity index is 1.92. The molecular formula is C16H24N2O3S. The number of nitrogens with zero attached hydrogens (tertiary/aromatic N) is 1. The third kappa shape index (κ3) is 4.73. The van der Waals surface area contributed by atoms with Crippen LogP contribution in [0.1, 0.15) is 37.7 Å². The standard InChI is InChI=1S/C16H24N2O3S/c1-18(22(2,20)21)15-10-8-13(9-11-15)12-16(19)17-14-6-4-3-5-7-14/h8-11,14H,3-7,12H2,1-2H3,(H,17,19). The van der Waals surface area contributed by atoms with Gasteiger partial charge in [-0.3, -0.25) is 9.10 Å². The molecule has 5 nitrogen and oxygen atoms in total. The van der Waals surface area contributed by atoms with Crippen molar-refractivity contribution in [1.29, 1.82) is 0 Å². The summed E-state index contributed by atoms with van der Waals surface area (Å²) in [5.74, 6) is 0.0381. The van der Waals surface area contributed by atoms with Gasteiger partial charge in [-0.25, -0.2) is 8.42 Å². The smallest absolute Gasteiger partial charge is 0.231 e. The summed E-state index contributed by atoms with van der Waals surface area (Å²) in [5.41, 5.74) is 1.48. The van der Waals surface area contributed by atoms with Crippen LogP contribution in [0, 0.1) is 0 Å². The van der Waals surface area contributed by atoms with Crippen molar-refractivity contribution < 1.29 is 13.2 Å². The molecule has 0 radical (unpaired) electrons. The number of carbonyl (C=O) groups is 1. The molecule has 2 rings (SSSR count). The number of amides is 1. The zero-order valence-electron chi connectivity index (χ0n) is 13.2. The zero-order valence-corrected chi connectivity index (χ0v) is 14.0. The van der Waals surface area contributed by atoms with Crippen molar-refractivity contribution in [2.24, 2.45) is 0 Å². The maximum Gasteiger partial charge on any atom is 0.231 e. The first kappa shape index (κ1) is 16.8. The number of benzene rings is 1. The maximum absolute atomic E-state index is 12.0. The number of carbonyl (C=O) groups excluding carboxylic acids is 1. The second-order valence-corrected chi connectivity index (χ2v) is 7.99. The van der Waals surface area contributed by atoms with Crippen molar-refractivity contribution >= 4 is 21.6 Å². The summed E-state index contributed by atoms with van der Waals surface area (Å²) < 4.78 is 24.2. The molecule has 1 aromatic rings. The number of anilines is 1. The van der Waals surface area contributed by atoms with E-state index in [1.165, 1.54) is 36.9 Å². The lowest BCUT2D eigenvalue weighted by Crippen LogP contribution is -2.37. The lowest BCUT2D eigenvalue weighted by molar-refractivity contribution is -0.121. The molecule has 0 atom stereocenters. The summed E-state index contributed by atoms with van der Waals surface area (Å²) in [5, 5.41) is 3.08. The first-order valence-electron chi connectivity index (χ1n) is 7.68. The number of nitrogens with one attached hydrogen (secondary N) is 1. The van der Waals surface area contributed by atoms with Crippen LogP contribution in [0.2, 0.25) is 0 Å². The van der Waals surface area contributed by atoms with E-state index < -0.39 is 10.0 Å². The molecule has 1 amide bonds. The summed E-state index contributed by atoms with van der Waals surface area (Å²) in [6.45, 7) is 0.